The maximum atomic E-state index is 11.2. The van der Waals surface area contributed by atoms with E-state index in [1.165, 1.54) is 0 Å². The quantitative estimate of drug-likeness (QED) is 0.616. The van der Waals surface area contributed by atoms with Gasteiger partial charge in [0.1, 0.15) is 5.82 Å². The molecule has 0 saturated carbocycles. The minimum absolute atomic E-state index is 0.0475. The summed E-state index contributed by atoms with van der Waals surface area (Å²) in [4.78, 5) is 18.9. The van der Waals surface area contributed by atoms with E-state index in [1.807, 2.05) is 20.8 Å². The van der Waals surface area contributed by atoms with Crippen molar-refractivity contribution in [2.75, 3.05) is 6.54 Å². The molecule has 1 saturated heterocycles. The molecule has 1 aliphatic rings. The van der Waals surface area contributed by atoms with Crippen LogP contribution in [-0.2, 0) is 4.79 Å². The first-order chi connectivity index (χ1) is 7.08. The van der Waals surface area contributed by atoms with Crippen LogP contribution in [0.2, 0.25) is 0 Å². The van der Waals surface area contributed by atoms with E-state index in [4.69, 9.17) is 0 Å². The molecule has 0 spiro atoms. The molecule has 82 valence electrons. The number of H-pyrrole nitrogens is 1. The van der Waals surface area contributed by atoms with Crippen LogP contribution in [0, 0.1) is 13.8 Å². The molecule has 0 aliphatic carbocycles. The SMILES string of the molecule is Cc1nc(C2CNC(=O)C(C)N2)[nH]c1C. The number of imidazole rings is 1. The van der Waals surface area contributed by atoms with E-state index in [0.29, 0.717) is 6.54 Å². The number of hydrogen-bond acceptors (Lipinski definition) is 3. The zero-order chi connectivity index (χ0) is 11.0. The Morgan fingerprint density at radius 3 is 2.67 bits per heavy atom. The fourth-order valence-electron chi connectivity index (χ4n) is 1.71. The van der Waals surface area contributed by atoms with Gasteiger partial charge in [-0.1, -0.05) is 0 Å². The summed E-state index contributed by atoms with van der Waals surface area (Å²) in [7, 11) is 0. The van der Waals surface area contributed by atoms with Crippen LogP contribution in [0.15, 0.2) is 0 Å². The molecule has 3 N–H and O–H groups in total. The number of nitrogens with one attached hydrogen (secondary N) is 3. The lowest BCUT2D eigenvalue weighted by Crippen LogP contribution is -2.53. The fourth-order valence-corrected chi connectivity index (χ4v) is 1.71. The van der Waals surface area contributed by atoms with Crippen molar-refractivity contribution in [3.63, 3.8) is 0 Å². The van der Waals surface area contributed by atoms with E-state index in [2.05, 4.69) is 20.6 Å². The molecule has 2 atom stereocenters. The Balaban J connectivity index is 2.15. The van der Waals surface area contributed by atoms with Gasteiger partial charge in [-0.25, -0.2) is 4.98 Å². The van der Waals surface area contributed by atoms with Crippen molar-refractivity contribution >= 4 is 5.91 Å². The third-order valence-corrected chi connectivity index (χ3v) is 2.80. The van der Waals surface area contributed by atoms with Crippen LogP contribution in [-0.4, -0.2) is 28.5 Å². The van der Waals surface area contributed by atoms with Crippen LogP contribution in [0.1, 0.15) is 30.2 Å². The van der Waals surface area contributed by atoms with E-state index in [0.717, 1.165) is 17.2 Å². The van der Waals surface area contributed by atoms with Gasteiger partial charge in [-0.05, 0) is 20.8 Å². The Hall–Kier alpha value is -1.36. The summed E-state index contributed by atoms with van der Waals surface area (Å²) >= 11 is 0. The highest BCUT2D eigenvalue weighted by molar-refractivity contribution is 5.82. The molecule has 1 aromatic heterocycles. The summed E-state index contributed by atoms with van der Waals surface area (Å²) in [6.45, 7) is 6.41. The van der Waals surface area contributed by atoms with Gasteiger partial charge in [0.25, 0.3) is 0 Å². The highest BCUT2D eigenvalue weighted by atomic mass is 16.2. The van der Waals surface area contributed by atoms with Crippen LogP contribution in [0.3, 0.4) is 0 Å². The average molecular weight is 208 g/mol. The minimum Gasteiger partial charge on any atom is -0.353 e. The van der Waals surface area contributed by atoms with Gasteiger partial charge < -0.3 is 10.3 Å². The number of carbonyl (C=O) groups is 1. The Labute approximate surface area is 88.7 Å². The Morgan fingerprint density at radius 2 is 2.13 bits per heavy atom. The molecule has 0 bridgehead atoms. The molecule has 2 unspecified atom stereocenters. The standard InChI is InChI=1S/C10H16N4O/c1-5-6(2)14-9(13-5)8-4-11-10(15)7(3)12-8/h7-8,12H,4H2,1-3H3,(H,11,15)(H,13,14). The van der Waals surface area contributed by atoms with E-state index < -0.39 is 0 Å². The molecule has 5 heteroatoms. The van der Waals surface area contributed by atoms with Crippen molar-refractivity contribution in [1.82, 2.24) is 20.6 Å². The van der Waals surface area contributed by atoms with E-state index in [1.54, 1.807) is 0 Å². The maximum absolute atomic E-state index is 11.2. The number of amides is 1. The summed E-state index contributed by atoms with van der Waals surface area (Å²) in [5.74, 6) is 0.947. The Kier molecular flexibility index (Phi) is 2.48. The number of hydrogen-bond donors (Lipinski definition) is 3. The minimum atomic E-state index is -0.158. The molecule has 0 aromatic carbocycles. The van der Waals surface area contributed by atoms with Crippen molar-refractivity contribution in [2.45, 2.75) is 32.9 Å². The number of rotatable bonds is 1. The molecular weight excluding hydrogens is 192 g/mol. The van der Waals surface area contributed by atoms with E-state index >= 15 is 0 Å². The highest BCUT2D eigenvalue weighted by Gasteiger charge is 2.26. The molecule has 1 aromatic rings. The second kappa shape index (κ2) is 3.66. The van der Waals surface area contributed by atoms with Gasteiger partial charge in [-0.2, -0.15) is 0 Å². The lowest BCUT2D eigenvalue weighted by Gasteiger charge is -2.27. The molecule has 1 aliphatic heterocycles. The monoisotopic (exact) mass is 208 g/mol. The lowest BCUT2D eigenvalue weighted by atomic mass is 10.1. The summed E-state index contributed by atoms with van der Waals surface area (Å²) in [5.41, 5.74) is 2.09. The van der Waals surface area contributed by atoms with Gasteiger partial charge >= 0.3 is 0 Å². The topological polar surface area (TPSA) is 69.8 Å². The third-order valence-electron chi connectivity index (χ3n) is 2.80. The number of aromatic nitrogens is 2. The molecule has 0 radical (unpaired) electrons. The largest absolute Gasteiger partial charge is 0.353 e. The summed E-state index contributed by atoms with van der Waals surface area (Å²) < 4.78 is 0. The summed E-state index contributed by atoms with van der Waals surface area (Å²) in [6, 6.07) is -0.0698. The summed E-state index contributed by atoms with van der Waals surface area (Å²) in [5, 5.41) is 6.06. The number of aromatic amines is 1. The Bertz CT molecular complexity index is 365. The lowest BCUT2D eigenvalue weighted by molar-refractivity contribution is -0.124. The predicted molar refractivity (Wildman–Crippen MR) is 56.4 cm³/mol. The van der Waals surface area contributed by atoms with E-state index in [9.17, 15) is 4.79 Å². The average Bonchev–Trinajstić information content (AvgIpc) is 2.52. The predicted octanol–water partition coefficient (Wildman–Crippen LogP) is 0.176. The molecule has 2 rings (SSSR count). The number of aryl methyl sites for hydroxylation is 2. The van der Waals surface area contributed by atoms with Crippen molar-refractivity contribution in [1.29, 1.82) is 0 Å². The second-order valence-corrected chi connectivity index (χ2v) is 4.02. The van der Waals surface area contributed by atoms with Gasteiger partial charge in [-0.15, -0.1) is 0 Å². The Morgan fingerprint density at radius 1 is 1.40 bits per heavy atom. The van der Waals surface area contributed by atoms with Crippen LogP contribution in [0.5, 0.6) is 0 Å². The second-order valence-electron chi connectivity index (χ2n) is 4.02. The van der Waals surface area contributed by atoms with Crippen molar-refractivity contribution < 1.29 is 4.79 Å². The van der Waals surface area contributed by atoms with E-state index in [-0.39, 0.29) is 18.0 Å². The van der Waals surface area contributed by atoms with Crippen molar-refractivity contribution in [2.24, 2.45) is 0 Å². The zero-order valence-electron chi connectivity index (χ0n) is 9.22. The smallest absolute Gasteiger partial charge is 0.236 e. The van der Waals surface area contributed by atoms with Crippen molar-refractivity contribution in [3.8, 4) is 0 Å². The first-order valence-electron chi connectivity index (χ1n) is 5.15. The molecule has 2 heterocycles. The third kappa shape index (κ3) is 1.87. The van der Waals surface area contributed by atoms with Crippen LogP contribution >= 0.6 is 0 Å². The normalized spacial score (nSPS) is 26.5. The number of piperazine rings is 1. The van der Waals surface area contributed by atoms with Gasteiger partial charge in [0.05, 0.1) is 17.8 Å². The van der Waals surface area contributed by atoms with Gasteiger partial charge in [-0.3, -0.25) is 10.1 Å². The number of nitrogens with zero attached hydrogens (tertiary/aromatic N) is 1. The van der Waals surface area contributed by atoms with Crippen molar-refractivity contribution in [3.05, 3.63) is 17.2 Å². The van der Waals surface area contributed by atoms with Crippen LogP contribution in [0.25, 0.3) is 0 Å². The first kappa shape index (κ1) is 10.2. The molecule has 1 fully saturated rings. The number of carbonyl (C=O) groups excluding carboxylic acids is 1. The van der Waals surface area contributed by atoms with Crippen LogP contribution < -0.4 is 10.6 Å². The first-order valence-corrected chi connectivity index (χ1v) is 5.15. The zero-order valence-corrected chi connectivity index (χ0v) is 9.22. The molecule has 15 heavy (non-hydrogen) atoms. The van der Waals surface area contributed by atoms with Gasteiger partial charge in [0, 0.05) is 12.2 Å². The molecular formula is C10H16N4O. The van der Waals surface area contributed by atoms with Gasteiger partial charge in [0.15, 0.2) is 0 Å². The molecule has 1 amide bonds. The van der Waals surface area contributed by atoms with Crippen LogP contribution in [0.4, 0.5) is 0 Å². The highest BCUT2D eigenvalue weighted by Crippen LogP contribution is 2.14. The molecule has 5 nitrogen and oxygen atoms in total. The maximum Gasteiger partial charge on any atom is 0.236 e. The summed E-state index contributed by atoms with van der Waals surface area (Å²) in [6.07, 6.45) is 0. The van der Waals surface area contributed by atoms with Gasteiger partial charge in [0.2, 0.25) is 5.91 Å². The fraction of sp³-hybridized carbons (Fsp3) is 0.600.